The van der Waals surface area contributed by atoms with Crippen LogP contribution < -0.4 is 5.32 Å². The summed E-state index contributed by atoms with van der Waals surface area (Å²) in [5, 5.41) is 10.6. The number of terminal acetylenes is 1. The molecular formula is C8H11NO3. The Labute approximate surface area is 71.0 Å². The Hall–Kier alpha value is -1.50. The van der Waals surface area contributed by atoms with E-state index in [0.29, 0.717) is 0 Å². The molecular weight excluding hydrogens is 158 g/mol. The van der Waals surface area contributed by atoms with Crippen molar-refractivity contribution >= 4 is 11.9 Å². The normalized spacial score (nSPS) is 10.1. The van der Waals surface area contributed by atoms with E-state index in [1.807, 2.05) is 0 Å². The summed E-state index contributed by atoms with van der Waals surface area (Å²) in [4.78, 5) is 20.9. The number of rotatable bonds is 3. The van der Waals surface area contributed by atoms with Crippen LogP contribution in [-0.4, -0.2) is 22.5 Å². The molecule has 0 aliphatic carbocycles. The van der Waals surface area contributed by atoms with E-state index in [4.69, 9.17) is 11.5 Å². The molecule has 2 N–H and O–H groups in total. The second kappa shape index (κ2) is 3.77. The molecule has 66 valence electrons. The molecule has 0 aromatic carbocycles. The number of carbonyl (C=O) groups is 2. The zero-order chi connectivity index (χ0) is 9.78. The van der Waals surface area contributed by atoms with Gasteiger partial charge in [0.05, 0.1) is 5.54 Å². The predicted octanol–water partition coefficient (Wildman–Crippen LogP) is -0.0109. The van der Waals surface area contributed by atoms with Crippen molar-refractivity contribution in [1.29, 1.82) is 0 Å². The minimum Gasteiger partial charge on any atom is -0.481 e. The maximum atomic E-state index is 10.8. The van der Waals surface area contributed by atoms with Crippen LogP contribution in [0.5, 0.6) is 0 Å². The second-order valence-corrected chi connectivity index (χ2v) is 2.89. The molecule has 0 fully saturated rings. The van der Waals surface area contributed by atoms with E-state index in [1.54, 1.807) is 13.8 Å². The smallest absolute Gasteiger partial charge is 0.312 e. The van der Waals surface area contributed by atoms with E-state index in [9.17, 15) is 9.59 Å². The average molecular weight is 169 g/mol. The van der Waals surface area contributed by atoms with Gasteiger partial charge in [0.15, 0.2) is 0 Å². The lowest BCUT2D eigenvalue weighted by Gasteiger charge is -2.18. The highest BCUT2D eigenvalue weighted by Crippen LogP contribution is 1.98. The van der Waals surface area contributed by atoms with Crippen LogP contribution in [0.4, 0.5) is 0 Å². The highest BCUT2D eigenvalue weighted by atomic mass is 16.4. The summed E-state index contributed by atoms with van der Waals surface area (Å²) in [7, 11) is 0. The fourth-order valence-corrected chi connectivity index (χ4v) is 0.566. The van der Waals surface area contributed by atoms with E-state index < -0.39 is 23.8 Å². The first-order valence-electron chi connectivity index (χ1n) is 3.38. The Bertz CT molecular complexity index is 237. The lowest BCUT2D eigenvalue weighted by atomic mass is 10.1. The van der Waals surface area contributed by atoms with Gasteiger partial charge in [-0.2, -0.15) is 0 Å². The van der Waals surface area contributed by atoms with Crippen molar-refractivity contribution in [3.63, 3.8) is 0 Å². The minimum absolute atomic E-state index is 0.550. The monoisotopic (exact) mass is 169 g/mol. The zero-order valence-corrected chi connectivity index (χ0v) is 7.05. The summed E-state index contributed by atoms with van der Waals surface area (Å²) >= 11 is 0. The third-order valence-corrected chi connectivity index (χ3v) is 1.12. The van der Waals surface area contributed by atoms with Gasteiger partial charge in [0, 0.05) is 0 Å². The summed E-state index contributed by atoms with van der Waals surface area (Å²) < 4.78 is 0. The van der Waals surface area contributed by atoms with Gasteiger partial charge in [-0.3, -0.25) is 9.59 Å². The van der Waals surface area contributed by atoms with Gasteiger partial charge in [-0.25, -0.2) is 0 Å². The highest BCUT2D eigenvalue weighted by molar-refractivity contribution is 5.93. The van der Waals surface area contributed by atoms with Crippen LogP contribution in [0.25, 0.3) is 0 Å². The van der Waals surface area contributed by atoms with Crippen LogP contribution in [-0.2, 0) is 9.59 Å². The maximum absolute atomic E-state index is 10.8. The highest BCUT2D eigenvalue weighted by Gasteiger charge is 2.18. The van der Waals surface area contributed by atoms with Gasteiger partial charge in [0.25, 0.3) is 0 Å². The van der Waals surface area contributed by atoms with Crippen LogP contribution in [0.2, 0.25) is 0 Å². The van der Waals surface area contributed by atoms with Gasteiger partial charge in [-0.05, 0) is 13.8 Å². The van der Waals surface area contributed by atoms with Crippen LogP contribution in [0.15, 0.2) is 0 Å². The van der Waals surface area contributed by atoms with Gasteiger partial charge < -0.3 is 10.4 Å². The Morgan fingerprint density at radius 2 is 2.08 bits per heavy atom. The van der Waals surface area contributed by atoms with Crippen molar-refractivity contribution in [2.45, 2.75) is 25.8 Å². The fourth-order valence-electron chi connectivity index (χ4n) is 0.566. The number of hydrogen-bond acceptors (Lipinski definition) is 2. The molecule has 0 heterocycles. The summed E-state index contributed by atoms with van der Waals surface area (Å²) in [5.41, 5.74) is -0.785. The van der Waals surface area contributed by atoms with Crippen LogP contribution in [0, 0.1) is 12.3 Å². The Kier molecular flexibility index (Phi) is 3.30. The fraction of sp³-hybridized carbons (Fsp3) is 0.500. The molecule has 0 aromatic rings. The number of carboxylic acids is 1. The van der Waals surface area contributed by atoms with E-state index in [-0.39, 0.29) is 0 Å². The molecule has 0 unspecified atom stereocenters. The molecule has 1 amide bonds. The summed E-state index contributed by atoms with van der Waals surface area (Å²) in [5.74, 6) is 0.576. The van der Waals surface area contributed by atoms with E-state index in [2.05, 4.69) is 11.2 Å². The van der Waals surface area contributed by atoms with Crippen molar-refractivity contribution in [2.24, 2.45) is 0 Å². The molecule has 4 nitrogen and oxygen atoms in total. The van der Waals surface area contributed by atoms with Crippen molar-refractivity contribution in [2.75, 3.05) is 0 Å². The molecule has 0 aliphatic heterocycles. The van der Waals surface area contributed by atoms with E-state index in [1.165, 1.54) is 0 Å². The standard InChI is InChI=1S/C8H11NO3/c1-4-8(2,3)9-6(10)5-7(11)12/h1H,5H2,2-3H3,(H,9,10)(H,11,12). The average Bonchev–Trinajstić information content (AvgIpc) is 1.84. The molecule has 12 heavy (non-hydrogen) atoms. The van der Waals surface area contributed by atoms with Crippen molar-refractivity contribution in [3.8, 4) is 12.3 Å². The molecule has 0 rings (SSSR count). The van der Waals surface area contributed by atoms with Gasteiger partial charge in [-0.1, -0.05) is 5.92 Å². The number of amides is 1. The van der Waals surface area contributed by atoms with E-state index in [0.717, 1.165) is 0 Å². The third kappa shape index (κ3) is 4.34. The topological polar surface area (TPSA) is 66.4 Å². The Balaban J connectivity index is 4.03. The van der Waals surface area contributed by atoms with Crippen molar-refractivity contribution in [3.05, 3.63) is 0 Å². The first kappa shape index (κ1) is 10.5. The van der Waals surface area contributed by atoms with Crippen molar-refractivity contribution < 1.29 is 14.7 Å². The summed E-state index contributed by atoms with van der Waals surface area (Å²) in [6, 6.07) is 0. The quantitative estimate of drug-likeness (QED) is 0.461. The number of carboxylic acid groups (broad SMARTS) is 1. The van der Waals surface area contributed by atoms with Gasteiger partial charge >= 0.3 is 5.97 Å². The number of aliphatic carboxylic acids is 1. The molecule has 0 radical (unpaired) electrons. The Morgan fingerprint density at radius 3 is 2.42 bits per heavy atom. The largest absolute Gasteiger partial charge is 0.481 e. The maximum Gasteiger partial charge on any atom is 0.312 e. The lowest BCUT2D eigenvalue weighted by Crippen LogP contribution is -2.42. The Morgan fingerprint density at radius 1 is 1.58 bits per heavy atom. The summed E-state index contributed by atoms with van der Waals surface area (Å²) in [6.45, 7) is 3.24. The molecule has 0 atom stereocenters. The molecule has 0 aliphatic rings. The third-order valence-electron chi connectivity index (χ3n) is 1.12. The van der Waals surface area contributed by atoms with E-state index >= 15 is 0 Å². The van der Waals surface area contributed by atoms with Crippen LogP contribution in [0.1, 0.15) is 20.3 Å². The predicted molar refractivity (Wildman–Crippen MR) is 43.3 cm³/mol. The number of nitrogens with one attached hydrogen (secondary N) is 1. The molecule has 0 spiro atoms. The minimum atomic E-state index is -1.17. The molecule has 0 aromatic heterocycles. The first-order chi connectivity index (χ1) is 5.37. The summed E-state index contributed by atoms with van der Waals surface area (Å²) in [6.07, 6.45) is 4.52. The zero-order valence-electron chi connectivity index (χ0n) is 7.05. The molecule has 0 bridgehead atoms. The first-order valence-corrected chi connectivity index (χ1v) is 3.38. The molecule has 0 saturated carbocycles. The van der Waals surface area contributed by atoms with Crippen LogP contribution >= 0.6 is 0 Å². The van der Waals surface area contributed by atoms with Crippen molar-refractivity contribution in [1.82, 2.24) is 5.32 Å². The molecule has 4 heteroatoms. The molecule has 0 saturated heterocycles. The number of hydrogen-bond donors (Lipinski definition) is 2. The SMILES string of the molecule is C#CC(C)(C)NC(=O)CC(=O)O. The van der Waals surface area contributed by atoms with Gasteiger partial charge in [0.2, 0.25) is 5.91 Å². The van der Waals surface area contributed by atoms with Gasteiger partial charge in [-0.15, -0.1) is 6.42 Å². The van der Waals surface area contributed by atoms with Crippen LogP contribution in [0.3, 0.4) is 0 Å². The second-order valence-electron chi connectivity index (χ2n) is 2.89. The number of carbonyl (C=O) groups excluding carboxylic acids is 1. The van der Waals surface area contributed by atoms with Gasteiger partial charge in [0.1, 0.15) is 6.42 Å². The lowest BCUT2D eigenvalue weighted by molar-refractivity contribution is -0.140.